The standard InChI is InChI=1S/C16H22N2O2/c1-17-15(19)20-12-9-16(17)7-10-18(11-8-16)13-14-5-3-2-4-6-14/h2-6H,7-13H2,1H3. The molecule has 1 spiro atoms. The van der Waals surface area contributed by atoms with Crippen molar-refractivity contribution in [3.05, 3.63) is 35.9 Å². The number of amides is 1. The Labute approximate surface area is 120 Å². The lowest BCUT2D eigenvalue weighted by Gasteiger charge is -2.49. The van der Waals surface area contributed by atoms with Gasteiger partial charge in [0, 0.05) is 33.1 Å². The van der Waals surface area contributed by atoms with Crippen LogP contribution in [0.2, 0.25) is 0 Å². The predicted octanol–water partition coefficient (Wildman–Crippen LogP) is 2.49. The van der Waals surface area contributed by atoms with Gasteiger partial charge in [-0.1, -0.05) is 30.3 Å². The molecule has 20 heavy (non-hydrogen) atoms. The molecule has 108 valence electrons. The highest BCUT2D eigenvalue weighted by Crippen LogP contribution is 2.34. The van der Waals surface area contributed by atoms with Gasteiger partial charge in [0.25, 0.3) is 0 Å². The first-order chi connectivity index (χ1) is 9.70. The zero-order chi connectivity index (χ0) is 14.0. The SMILES string of the molecule is CN1C(=O)OCCC12CCN(Cc1ccccc1)CC2. The average Bonchev–Trinajstić information content (AvgIpc) is 2.48. The maximum absolute atomic E-state index is 11.7. The summed E-state index contributed by atoms with van der Waals surface area (Å²) in [4.78, 5) is 16.0. The van der Waals surface area contributed by atoms with Crippen molar-refractivity contribution < 1.29 is 9.53 Å². The Morgan fingerprint density at radius 3 is 2.55 bits per heavy atom. The Balaban J connectivity index is 1.60. The fourth-order valence-electron chi connectivity index (χ4n) is 3.34. The number of rotatable bonds is 2. The van der Waals surface area contributed by atoms with Crippen molar-refractivity contribution in [3.8, 4) is 0 Å². The molecule has 1 aromatic rings. The van der Waals surface area contributed by atoms with Crippen LogP contribution in [0.4, 0.5) is 4.79 Å². The van der Waals surface area contributed by atoms with E-state index in [1.807, 2.05) is 11.9 Å². The van der Waals surface area contributed by atoms with Gasteiger partial charge < -0.3 is 9.64 Å². The summed E-state index contributed by atoms with van der Waals surface area (Å²) in [5.74, 6) is 0. The van der Waals surface area contributed by atoms with Crippen molar-refractivity contribution in [1.82, 2.24) is 9.80 Å². The van der Waals surface area contributed by atoms with Crippen LogP contribution in [0, 0.1) is 0 Å². The summed E-state index contributed by atoms with van der Waals surface area (Å²) in [6, 6.07) is 10.6. The lowest BCUT2D eigenvalue weighted by molar-refractivity contribution is -0.0243. The molecular weight excluding hydrogens is 252 g/mol. The van der Waals surface area contributed by atoms with Crippen molar-refractivity contribution in [3.63, 3.8) is 0 Å². The Bertz CT molecular complexity index is 467. The summed E-state index contributed by atoms with van der Waals surface area (Å²) in [6.45, 7) is 3.67. The van der Waals surface area contributed by atoms with Gasteiger partial charge in [0.15, 0.2) is 0 Å². The summed E-state index contributed by atoms with van der Waals surface area (Å²) in [5, 5.41) is 0. The van der Waals surface area contributed by atoms with Crippen LogP contribution in [-0.2, 0) is 11.3 Å². The number of carbonyl (C=O) groups is 1. The van der Waals surface area contributed by atoms with E-state index >= 15 is 0 Å². The summed E-state index contributed by atoms with van der Waals surface area (Å²) in [5.41, 5.74) is 1.39. The maximum Gasteiger partial charge on any atom is 0.409 e. The van der Waals surface area contributed by atoms with Crippen LogP contribution < -0.4 is 0 Å². The number of benzene rings is 1. The molecule has 0 unspecified atom stereocenters. The number of hydrogen-bond acceptors (Lipinski definition) is 3. The molecule has 0 radical (unpaired) electrons. The lowest BCUT2D eigenvalue weighted by Crippen LogP contribution is -2.58. The lowest BCUT2D eigenvalue weighted by atomic mass is 9.82. The fraction of sp³-hybridized carbons (Fsp3) is 0.562. The van der Waals surface area contributed by atoms with Crippen molar-refractivity contribution in [1.29, 1.82) is 0 Å². The zero-order valence-corrected chi connectivity index (χ0v) is 12.0. The van der Waals surface area contributed by atoms with E-state index in [4.69, 9.17) is 4.74 Å². The molecule has 2 heterocycles. The highest BCUT2D eigenvalue weighted by Gasteiger charge is 2.43. The third-order valence-corrected chi connectivity index (χ3v) is 4.81. The van der Waals surface area contributed by atoms with Crippen molar-refractivity contribution >= 4 is 6.09 Å². The summed E-state index contributed by atoms with van der Waals surface area (Å²) in [6.07, 6.45) is 2.90. The van der Waals surface area contributed by atoms with E-state index in [0.29, 0.717) is 6.61 Å². The second-order valence-corrected chi connectivity index (χ2v) is 5.91. The molecule has 3 rings (SSSR count). The molecule has 2 aliphatic heterocycles. The van der Waals surface area contributed by atoms with Crippen molar-refractivity contribution in [2.24, 2.45) is 0 Å². The largest absolute Gasteiger partial charge is 0.449 e. The van der Waals surface area contributed by atoms with Crippen LogP contribution in [-0.4, -0.2) is 48.2 Å². The topological polar surface area (TPSA) is 32.8 Å². The molecule has 1 amide bonds. The summed E-state index contributed by atoms with van der Waals surface area (Å²) < 4.78 is 5.11. The van der Waals surface area contributed by atoms with Crippen LogP contribution in [0.5, 0.6) is 0 Å². The van der Waals surface area contributed by atoms with E-state index in [1.54, 1.807) is 0 Å². The third kappa shape index (κ3) is 2.52. The monoisotopic (exact) mass is 274 g/mol. The Morgan fingerprint density at radius 1 is 1.15 bits per heavy atom. The molecule has 2 aliphatic rings. The predicted molar refractivity (Wildman–Crippen MR) is 77.4 cm³/mol. The van der Waals surface area contributed by atoms with Gasteiger partial charge in [-0.3, -0.25) is 4.90 Å². The Morgan fingerprint density at radius 2 is 1.85 bits per heavy atom. The molecule has 0 N–H and O–H groups in total. The van der Waals surface area contributed by atoms with E-state index in [9.17, 15) is 4.79 Å². The molecule has 0 aliphatic carbocycles. The normalized spacial score (nSPS) is 22.9. The molecule has 2 fully saturated rings. The van der Waals surface area contributed by atoms with Gasteiger partial charge in [0.1, 0.15) is 0 Å². The number of nitrogens with zero attached hydrogens (tertiary/aromatic N) is 2. The highest BCUT2D eigenvalue weighted by molar-refractivity contribution is 5.69. The molecule has 0 aromatic heterocycles. The van der Waals surface area contributed by atoms with Crippen LogP contribution in [0.15, 0.2) is 30.3 Å². The number of hydrogen-bond donors (Lipinski definition) is 0. The van der Waals surface area contributed by atoms with E-state index in [2.05, 4.69) is 35.2 Å². The number of cyclic esters (lactones) is 1. The van der Waals surface area contributed by atoms with Gasteiger partial charge in [-0.2, -0.15) is 0 Å². The number of piperidine rings is 1. The van der Waals surface area contributed by atoms with Crippen LogP contribution >= 0.6 is 0 Å². The van der Waals surface area contributed by atoms with E-state index < -0.39 is 0 Å². The van der Waals surface area contributed by atoms with Gasteiger partial charge >= 0.3 is 6.09 Å². The minimum Gasteiger partial charge on any atom is -0.449 e. The number of carbonyl (C=O) groups excluding carboxylic acids is 1. The minimum atomic E-state index is -0.159. The van der Waals surface area contributed by atoms with Gasteiger partial charge in [-0.05, 0) is 18.4 Å². The highest BCUT2D eigenvalue weighted by atomic mass is 16.6. The third-order valence-electron chi connectivity index (χ3n) is 4.81. The fourth-order valence-corrected chi connectivity index (χ4v) is 3.34. The molecule has 0 saturated carbocycles. The first-order valence-electron chi connectivity index (χ1n) is 7.36. The van der Waals surface area contributed by atoms with Crippen LogP contribution in [0.1, 0.15) is 24.8 Å². The van der Waals surface area contributed by atoms with Crippen LogP contribution in [0.25, 0.3) is 0 Å². The van der Waals surface area contributed by atoms with E-state index in [0.717, 1.165) is 38.9 Å². The van der Waals surface area contributed by atoms with Gasteiger partial charge in [-0.25, -0.2) is 4.79 Å². The smallest absolute Gasteiger partial charge is 0.409 e. The average molecular weight is 274 g/mol. The van der Waals surface area contributed by atoms with Gasteiger partial charge in [0.05, 0.1) is 12.1 Å². The zero-order valence-electron chi connectivity index (χ0n) is 12.0. The summed E-state index contributed by atoms with van der Waals surface area (Å²) in [7, 11) is 1.88. The first kappa shape index (κ1) is 13.4. The molecule has 4 nitrogen and oxygen atoms in total. The quantitative estimate of drug-likeness (QED) is 0.830. The number of likely N-dealkylation sites (tertiary alicyclic amines) is 1. The molecule has 0 atom stereocenters. The minimum absolute atomic E-state index is 0.0303. The summed E-state index contributed by atoms with van der Waals surface area (Å²) >= 11 is 0. The van der Waals surface area contributed by atoms with E-state index in [-0.39, 0.29) is 11.6 Å². The van der Waals surface area contributed by atoms with Crippen molar-refractivity contribution in [2.45, 2.75) is 31.3 Å². The molecule has 1 aromatic carbocycles. The second-order valence-electron chi connectivity index (χ2n) is 5.91. The molecule has 2 saturated heterocycles. The Hall–Kier alpha value is -1.55. The second kappa shape index (κ2) is 5.44. The van der Waals surface area contributed by atoms with Crippen LogP contribution in [0.3, 0.4) is 0 Å². The molecular formula is C16H22N2O2. The molecule has 4 heteroatoms. The van der Waals surface area contributed by atoms with Gasteiger partial charge in [0.2, 0.25) is 0 Å². The van der Waals surface area contributed by atoms with Gasteiger partial charge in [-0.15, -0.1) is 0 Å². The van der Waals surface area contributed by atoms with E-state index in [1.165, 1.54) is 5.56 Å². The first-order valence-corrected chi connectivity index (χ1v) is 7.36. The number of ether oxygens (including phenoxy) is 1. The Kier molecular flexibility index (Phi) is 3.66. The molecule has 0 bridgehead atoms. The van der Waals surface area contributed by atoms with Crippen molar-refractivity contribution in [2.75, 3.05) is 26.7 Å². The maximum atomic E-state index is 11.7.